The van der Waals surface area contributed by atoms with Crippen molar-refractivity contribution in [3.05, 3.63) is 17.0 Å². The minimum atomic E-state index is -0.535. The molecule has 66 valence electrons. The Hall–Kier alpha value is -1.96. The van der Waals surface area contributed by atoms with Gasteiger partial charge >= 0.3 is 5.91 Å². The minimum absolute atomic E-state index is 0.0319. The molecule has 0 fully saturated rings. The number of hydrogen-bond donors (Lipinski definition) is 0. The van der Waals surface area contributed by atoms with E-state index in [4.69, 9.17) is 6.57 Å². The minimum Gasteiger partial charge on any atom is -0.275 e. The van der Waals surface area contributed by atoms with Crippen molar-refractivity contribution < 1.29 is 14.4 Å². The number of nitrogens with zero attached hydrogens (tertiary/aromatic N) is 2. The molecule has 0 spiro atoms. The first-order chi connectivity index (χ1) is 6.15. The summed E-state index contributed by atoms with van der Waals surface area (Å²) in [4.78, 5) is 36.3. The first-order valence-electron chi connectivity index (χ1n) is 3.62. The first-order valence-corrected chi connectivity index (χ1v) is 3.62. The molecule has 0 aromatic rings. The predicted octanol–water partition coefficient (Wildman–Crippen LogP) is -0.209. The first kappa shape index (κ1) is 9.13. The van der Waals surface area contributed by atoms with Gasteiger partial charge in [-0.3, -0.25) is 14.5 Å². The van der Waals surface area contributed by atoms with Gasteiger partial charge in [-0.1, -0.05) is 0 Å². The molecule has 1 heterocycles. The molecule has 0 aliphatic carbocycles. The molecule has 1 aliphatic heterocycles. The molecule has 0 radical (unpaired) electrons. The number of amides is 3. The molecule has 0 atom stereocenters. The van der Waals surface area contributed by atoms with Crippen molar-refractivity contribution in [2.45, 2.75) is 6.42 Å². The van der Waals surface area contributed by atoms with E-state index in [0.29, 0.717) is 0 Å². The monoisotopic (exact) mass is 179 g/mol. The van der Waals surface area contributed by atoms with Crippen molar-refractivity contribution >= 4 is 17.7 Å². The third-order valence-corrected chi connectivity index (χ3v) is 1.59. The van der Waals surface area contributed by atoms with Crippen LogP contribution < -0.4 is 0 Å². The summed E-state index contributed by atoms with van der Waals surface area (Å²) in [5, 5.41) is 0. The second kappa shape index (κ2) is 3.63. The van der Waals surface area contributed by atoms with Crippen LogP contribution in [-0.4, -0.2) is 29.2 Å². The number of imide groups is 1. The highest BCUT2D eigenvalue weighted by molar-refractivity contribution is 6.13. The molecule has 1 aliphatic rings. The summed E-state index contributed by atoms with van der Waals surface area (Å²) in [5.41, 5.74) is 0. The maximum atomic E-state index is 10.9. The summed E-state index contributed by atoms with van der Waals surface area (Å²) in [7, 11) is 0. The summed E-state index contributed by atoms with van der Waals surface area (Å²) in [5.74, 6) is -1.35. The standard InChI is InChI=1S/C8H7N2O3/c1-9-6(11)4-5-10-7(12)2-3-8(10)13/h1-3H,4-5H2/q+1. The molecule has 0 aromatic carbocycles. The smallest absolute Gasteiger partial charge is 0.275 e. The van der Waals surface area contributed by atoms with Crippen LogP contribution >= 0.6 is 0 Å². The Bertz CT molecular complexity index is 320. The SMILES string of the molecule is C#[N+]C(=O)CCN1C(=O)C=CC1=O. The fraction of sp³-hybridized carbons (Fsp3) is 0.250. The van der Waals surface area contributed by atoms with E-state index in [1.807, 2.05) is 0 Å². The molecule has 0 bridgehead atoms. The molecule has 0 saturated carbocycles. The Morgan fingerprint density at radius 1 is 1.38 bits per heavy atom. The van der Waals surface area contributed by atoms with Crippen LogP contribution in [-0.2, 0) is 14.4 Å². The summed E-state index contributed by atoms with van der Waals surface area (Å²) >= 11 is 0. The van der Waals surface area contributed by atoms with Crippen LogP contribution in [0.3, 0.4) is 0 Å². The van der Waals surface area contributed by atoms with Crippen molar-refractivity contribution in [1.82, 2.24) is 4.90 Å². The van der Waals surface area contributed by atoms with Gasteiger partial charge in [0, 0.05) is 23.5 Å². The average Bonchev–Trinajstić information content (AvgIpc) is 2.43. The Labute approximate surface area is 74.4 Å². The molecule has 5 nitrogen and oxygen atoms in total. The van der Waals surface area contributed by atoms with Crippen molar-refractivity contribution in [3.63, 3.8) is 0 Å². The van der Waals surface area contributed by atoms with E-state index >= 15 is 0 Å². The lowest BCUT2D eigenvalue weighted by Gasteiger charge is -2.09. The highest BCUT2D eigenvalue weighted by atomic mass is 16.2. The van der Waals surface area contributed by atoms with Gasteiger partial charge in [-0.2, -0.15) is 0 Å². The van der Waals surface area contributed by atoms with Crippen LogP contribution in [0.4, 0.5) is 0 Å². The Morgan fingerprint density at radius 3 is 2.38 bits per heavy atom. The van der Waals surface area contributed by atoms with Crippen LogP contribution in [0.15, 0.2) is 12.2 Å². The zero-order valence-corrected chi connectivity index (χ0v) is 6.77. The van der Waals surface area contributed by atoms with Gasteiger partial charge in [0.25, 0.3) is 18.4 Å². The molecule has 0 N–H and O–H groups in total. The Balaban J connectivity index is 2.48. The van der Waals surface area contributed by atoms with Crippen LogP contribution in [0.5, 0.6) is 0 Å². The topological polar surface area (TPSA) is 58.8 Å². The van der Waals surface area contributed by atoms with Gasteiger partial charge in [0.05, 0.1) is 0 Å². The van der Waals surface area contributed by atoms with E-state index in [0.717, 1.165) is 17.1 Å². The number of rotatable bonds is 3. The van der Waals surface area contributed by atoms with Crippen molar-refractivity contribution in [2.24, 2.45) is 0 Å². The lowest BCUT2D eigenvalue weighted by Crippen LogP contribution is -2.31. The number of carbonyl (C=O) groups is 3. The lowest BCUT2D eigenvalue weighted by atomic mass is 10.4. The molecule has 3 amide bonds. The van der Waals surface area contributed by atoms with Crippen LogP contribution in [0, 0.1) is 6.57 Å². The Kier molecular flexibility index (Phi) is 2.55. The molecule has 0 aromatic heterocycles. The largest absolute Gasteiger partial charge is 0.516 e. The van der Waals surface area contributed by atoms with E-state index < -0.39 is 17.7 Å². The van der Waals surface area contributed by atoms with E-state index in [1.165, 1.54) is 0 Å². The van der Waals surface area contributed by atoms with E-state index in [2.05, 4.69) is 4.85 Å². The van der Waals surface area contributed by atoms with Gasteiger partial charge in [-0.25, -0.2) is 4.79 Å². The predicted molar refractivity (Wildman–Crippen MR) is 43.8 cm³/mol. The quantitative estimate of drug-likeness (QED) is 0.563. The van der Waals surface area contributed by atoms with Gasteiger partial charge in [0.2, 0.25) is 0 Å². The fourth-order valence-electron chi connectivity index (χ4n) is 0.924. The van der Waals surface area contributed by atoms with E-state index in [9.17, 15) is 14.4 Å². The molecule has 5 heteroatoms. The summed E-state index contributed by atoms with van der Waals surface area (Å²) in [6.07, 6.45) is 2.29. The Morgan fingerprint density at radius 2 is 1.92 bits per heavy atom. The molecule has 0 unspecified atom stereocenters. The molecular weight excluding hydrogens is 172 g/mol. The van der Waals surface area contributed by atoms with E-state index in [1.54, 1.807) is 0 Å². The van der Waals surface area contributed by atoms with Crippen LogP contribution in [0.1, 0.15) is 6.42 Å². The zero-order chi connectivity index (χ0) is 9.84. The second-order valence-electron chi connectivity index (χ2n) is 2.43. The summed E-state index contributed by atoms with van der Waals surface area (Å²) in [6, 6.07) is 0. The van der Waals surface area contributed by atoms with Gasteiger partial charge < -0.3 is 0 Å². The van der Waals surface area contributed by atoms with Crippen molar-refractivity contribution in [3.8, 4) is 6.57 Å². The summed E-state index contributed by atoms with van der Waals surface area (Å²) < 4.78 is 0. The van der Waals surface area contributed by atoms with Crippen LogP contribution in [0.2, 0.25) is 0 Å². The number of carbonyl (C=O) groups excluding carboxylic acids is 3. The fourth-order valence-corrected chi connectivity index (χ4v) is 0.924. The molecule has 13 heavy (non-hydrogen) atoms. The summed E-state index contributed by atoms with van der Waals surface area (Å²) in [6.45, 7) is 4.73. The van der Waals surface area contributed by atoms with Gasteiger partial charge in [0.1, 0.15) is 6.42 Å². The maximum absolute atomic E-state index is 10.9. The van der Waals surface area contributed by atoms with Gasteiger partial charge in [-0.15, -0.1) is 0 Å². The van der Waals surface area contributed by atoms with Gasteiger partial charge in [0.15, 0.2) is 0 Å². The van der Waals surface area contributed by atoms with Crippen molar-refractivity contribution in [1.29, 1.82) is 0 Å². The van der Waals surface area contributed by atoms with Gasteiger partial charge in [-0.05, 0) is 0 Å². The molecule has 0 saturated heterocycles. The second-order valence-corrected chi connectivity index (χ2v) is 2.43. The average molecular weight is 179 g/mol. The number of hydrogen-bond acceptors (Lipinski definition) is 3. The third kappa shape index (κ3) is 1.99. The van der Waals surface area contributed by atoms with E-state index in [-0.39, 0.29) is 13.0 Å². The normalized spacial score (nSPS) is 14.8. The van der Waals surface area contributed by atoms with Crippen LogP contribution in [0.25, 0.3) is 4.85 Å². The third-order valence-electron chi connectivity index (χ3n) is 1.59. The maximum Gasteiger partial charge on any atom is 0.516 e. The highest BCUT2D eigenvalue weighted by Crippen LogP contribution is 2.04. The zero-order valence-electron chi connectivity index (χ0n) is 6.77. The molecular formula is C8H7N2O3+. The highest BCUT2D eigenvalue weighted by Gasteiger charge is 2.25. The van der Waals surface area contributed by atoms with Crippen molar-refractivity contribution in [2.75, 3.05) is 6.54 Å². The molecule has 1 rings (SSSR count). The lowest BCUT2D eigenvalue weighted by molar-refractivity contribution is -0.136.